The molecule has 0 amide bonds. The molecule has 0 aliphatic heterocycles. The molecule has 0 N–H and O–H groups in total. The van der Waals surface area contributed by atoms with E-state index in [1.807, 2.05) is 0 Å². The van der Waals surface area contributed by atoms with Gasteiger partial charge in [-0.15, -0.1) is 0 Å². The van der Waals surface area contributed by atoms with Crippen molar-refractivity contribution in [3.63, 3.8) is 0 Å². The van der Waals surface area contributed by atoms with E-state index >= 15 is 0 Å². The number of aryl methyl sites for hydroxylation is 2. The molecule has 22 aromatic carbocycles. The van der Waals surface area contributed by atoms with Gasteiger partial charge >= 0.3 is 0 Å². The molecule has 8 heterocycles. The topological polar surface area (TPSA) is 30.6 Å². The Morgan fingerprint density at radius 3 is 0.711 bits per heavy atom. The highest BCUT2D eigenvalue weighted by Gasteiger charge is 2.36. The summed E-state index contributed by atoms with van der Waals surface area (Å²) in [6.45, 7) is 4.46. The summed E-state index contributed by atoms with van der Waals surface area (Å²) >= 11 is 0. The van der Waals surface area contributed by atoms with Crippen LogP contribution in [-0.4, -0.2) is 17.6 Å². The van der Waals surface area contributed by atoms with E-state index in [-0.39, 0.29) is 0 Å². The summed E-state index contributed by atoms with van der Waals surface area (Å²) in [5.74, 6) is 0. The molecule has 0 atom stereocenters. The first-order valence-electron chi connectivity index (χ1n) is 49.1. The number of fused-ring (bicyclic) bond motifs is 24. The van der Waals surface area contributed by atoms with Crippen molar-refractivity contribution in [1.29, 1.82) is 0 Å². The molecule has 8 aromatic heterocycles. The van der Waals surface area contributed by atoms with Crippen LogP contribution in [0.4, 0.5) is 68.2 Å². The van der Waals surface area contributed by atoms with E-state index in [1.54, 1.807) is 0 Å². The maximum absolute atomic E-state index is 2.68. The summed E-state index contributed by atoms with van der Waals surface area (Å²) in [4.78, 5) is 9.68. The van der Waals surface area contributed by atoms with Crippen LogP contribution in [0.25, 0.3) is 208 Å². The number of para-hydroxylation sites is 11. The van der Waals surface area contributed by atoms with Crippen LogP contribution < -0.4 is 19.6 Å². The highest BCUT2D eigenvalue weighted by molar-refractivity contribution is 6.41. The van der Waals surface area contributed by atoms with Crippen molar-refractivity contribution < 1.29 is 0 Å². The van der Waals surface area contributed by atoms with Crippen LogP contribution in [0.5, 0.6) is 0 Å². The molecule has 0 radical (unpaired) electrons. The van der Waals surface area contributed by atoms with Gasteiger partial charge in [0.25, 0.3) is 0 Å². The Bertz CT molecular complexity index is 10200. The lowest BCUT2D eigenvalue weighted by atomic mass is 9.87. The second kappa shape index (κ2) is 30.9. The molecule has 30 rings (SSSR count). The van der Waals surface area contributed by atoms with Crippen molar-refractivity contribution >= 4 is 221 Å². The van der Waals surface area contributed by atoms with Crippen LogP contribution in [-0.2, 0) is 0 Å². The molecule has 8 heteroatoms. The summed E-state index contributed by atoms with van der Waals surface area (Å²) in [7, 11) is 0. The minimum atomic E-state index is 1.07. The second-order valence-corrected chi connectivity index (χ2v) is 38.2. The predicted octanol–water partition coefficient (Wildman–Crippen LogP) is 37.1. The van der Waals surface area contributed by atoms with Crippen LogP contribution in [0.15, 0.2) is 485 Å². The fraction of sp³-hybridized carbons (Fsp3) is 0.0149. The van der Waals surface area contributed by atoms with E-state index in [0.717, 1.165) is 135 Å². The number of hydrogen-bond acceptors (Lipinski definition) is 4. The van der Waals surface area contributed by atoms with Crippen LogP contribution in [0.2, 0.25) is 0 Å². The van der Waals surface area contributed by atoms with Gasteiger partial charge in [-0.05, 0) is 234 Å². The van der Waals surface area contributed by atoms with E-state index < -0.39 is 0 Å². The third-order valence-corrected chi connectivity index (χ3v) is 30.5. The third kappa shape index (κ3) is 11.5. The summed E-state index contributed by atoms with van der Waals surface area (Å²) < 4.78 is 10.7. The SMILES string of the molecule is Cc1ccccc1N(c1ccccc1)c1ccc2c(c1)c1cccc3c4c(-c5ccccc5)c5c(c(-c6ccccc6)c4n2c13)c1cc(-c2cccc(-c3c4c6cccc7c8cc(N(c9ccccc9)c9ccccc9)ccc8n(c4c(-c4ccccc4)c4c8cccc9c%10cc(N(c%11ccccc%11)c%11ccccc%11)ccc%10n(c34)c98)c76)c2)cc2c3cc(N(c4ccccc4)c4ccccc4C)ccc3n5c21. The molecule has 30 aromatic rings. The summed E-state index contributed by atoms with van der Waals surface area (Å²) in [6, 6.07) is 182. The lowest BCUT2D eigenvalue weighted by Crippen LogP contribution is -2.11. The van der Waals surface area contributed by atoms with E-state index in [1.165, 1.54) is 153 Å². The van der Waals surface area contributed by atoms with E-state index in [2.05, 4.69) is 536 Å². The Hall–Kier alpha value is -18.8. The predicted molar refractivity (Wildman–Crippen MR) is 600 cm³/mol. The zero-order valence-corrected chi connectivity index (χ0v) is 77.8. The first-order valence-corrected chi connectivity index (χ1v) is 49.1. The van der Waals surface area contributed by atoms with Crippen molar-refractivity contribution in [2.24, 2.45) is 0 Å². The van der Waals surface area contributed by atoms with Gasteiger partial charge < -0.3 is 37.2 Å². The lowest BCUT2D eigenvalue weighted by molar-refractivity contribution is 1.25. The normalized spacial score (nSPS) is 12.2. The van der Waals surface area contributed by atoms with Gasteiger partial charge in [0, 0.05) is 177 Å². The fourth-order valence-electron chi connectivity index (χ4n) is 24.8. The van der Waals surface area contributed by atoms with Crippen LogP contribution in [0, 0.1) is 13.8 Å². The second-order valence-electron chi connectivity index (χ2n) is 38.2. The fourth-order valence-corrected chi connectivity index (χ4v) is 24.8. The minimum absolute atomic E-state index is 1.07. The van der Waals surface area contributed by atoms with E-state index in [9.17, 15) is 0 Å². The van der Waals surface area contributed by atoms with Gasteiger partial charge in [-0.2, -0.15) is 0 Å². The third-order valence-electron chi connectivity index (χ3n) is 30.5. The molecule has 142 heavy (non-hydrogen) atoms. The first kappa shape index (κ1) is 79.5. The molecule has 0 bridgehead atoms. The Labute approximate surface area is 818 Å². The van der Waals surface area contributed by atoms with Gasteiger partial charge in [0.2, 0.25) is 0 Å². The van der Waals surface area contributed by atoms with Crippen LogP contribution >= 0.6 is 0 Å². The van der Waals surface area contributed by atoms with Crippen molar-refractivity contribution in [1.82, 2.24) is 17.6 Å². The highest BCUT2D eigenvalue weighted by Crippen LogP contribution is 2.60. The standard InChI is InChI=1S/C134H86N8/c1-83-38-30-32-66-113(83)137(95-56-26-10-27-57-95)99-70-74-117-109(81-99)103-62-36-63-104-123-120(86-42-14-4-15-43-86)133-126(121(87-44-16-5-17-45-87)132(123)140(117)127(103)104)112-78-90(77-111-110-82-100(71-75-118(110)142(133)130(111)112)138(96-58-28-11-29-59-96)114-67-33-31-39-84(114)2)88-46-34-47-89(76-88)122-125-106-65-37-61-102-107-79-97(135(91-48-18-6-19-49-91)92-50-20-7-21-51-92)68-72-115(107)139(129(102)106)131(125)119(85-40-12-3-13-41-85)124-105-64-35-60-101-108-80-98(69-73-116(108)141(128(101)105)134(122)124)136(93-52-22-8-23-53-93)94-54-24-9-25-55-94/h3-82H,1-2H3. The molecule has 0 spiro atoms. The lowest BCUT2D eigenvalue weighted by Gasteiger charge is -2.27. The van der Waals surface area contributed by atoms with Crippen LogP contribution in [0.3, 0.4) is 0 Å². The average Bonchev–Trinajstić information content (AvgIpc) is 1.49. The Morgan fingerprint density at radius 2 is 0.380 bits per heavy atom. The zero-order valence-electron chi connectivity index (χ0n) is 77.8. The summed E-state index contributed by atoms with van der Waals surface area (Å²) in [5, 5.41) is 19.1. The monoisotopic (exact) mass is 1810 g/mol. The minimum Gasteiger partial charge on any atom is -0.310 e. The molecule has 0 unspecified atom stereocenters. The van der Waals surface area contributed by atoms with Crippen molar-refractivity contribution in [3.05, 3.63) is 496 Å². The molecular formula is C134H86N8. The Kier molecular flexibility index (Phi) is 17.3. The number of benzene rings is 22. The maximum Gasteiger partial charge on any atom is 0.0634 e. The number of nitrogens with zero attached hydrogens (tertiary/aromatic N) is 8. The van der Waals surface area contributed by atoms with E-state index in [4.69, 9.17) is 0 Å². The molecule has 0 fully saturated rings. The molecule has 0 saturated heterocycles. The molecule has 0 aliphatic carbocycles. The zero-order chi connectivity index (χ0) is 93.2. The Balaban J connectivity index is 0.738. The largest absolute Gasteiger partial charge is 0.310 e. The number of anilines is 12. The molecule has 0 aliphatic rings. The van der Waals surface area contributed by atoms with Crippen molar-refractivity contribution in [3.8, 4) is 55.6 Å². The average molecular weight is 1810 g/mol. The van der Waals surface area contributed by atoms with Crippen molar-refractivity contribution in [2.75, 3.05) is 19.6 Å². The molecule has 662 valence electrons. The number of aromatic nitrogens is 4. The van der Waals surface area contributed by atoms with Gasteiger partial charge in [0.15, 0.2) is 0 Å². The smallest absolute Gasteiger partial charge is 0.0634 e. The van der Waals surface area contributed by atoms with Gasteiger partial charge in [0.05, 0.1) is 66.2 Å². The molecule has 8 nitrogen and oxygen atoms in total. The quantitative estimate of drug-likeness (QED) is 0.0909. The molecular weight excluding hydrogens is 1720 g/mol. The summed E-state index contributed by atoms with van der Waals surface area (Å²) in [6.07, 6.45) is 0. The highest BCUT2D eigenvalue weighted by atomic mass is 15.2. The van der Waals surface area contributed by atoms with Crippen molar-refractivity contribution in [2.45, 2.75) is 13.8 Å². The molecule has 0 saturated carbocycles. The van der Waals surface area contributed by atoms with E-state index in [0.29, 0.717) is 0 Å². The number of hydrogen-bond donors (Lipinski definition) is 0. The number of rotatable bonds is 17. The van der Waals surface area contributed by atoms with Gasteiger partial charge in [-0.3, -0.25) is 0 Å². The first-order chi connectivity index (χ1) is 70.4. The van der Waals surface area contributed by atoms with Crippen LogP contribution in [0.1, 0.15) is 11.1 Å². The summed E-state index contributed by atoms with van der Waals surface area (Å²) in [5.41, 5.74) is 41.0. The van der Waals surface area contributed by atoms with Gasteiger partial charge in [-0.25, -0.2) is 0 Å². The maximum atomic E-state index is 2.68. The van der Waals surface area contributed by atoms with Gasteiger partial charge in [-0.1, -0.05) is 309 Å². The van der Waals surface area contributed by atoms with Gasteiger partial charge in [0.1, 0.15) is 0 Å². The Morgan fingerprint density at radius 1 is 0.141 bits per heavy atom.